The van der Waals surface area contributed by atoms with Gasteiger partial charge in [-0.1, -0.05) is 11.6 Å². The molecular weight excluding hydrogens is 448 g/mol. The predicted molar refractivity (Wildman–Crippen MR) is 112 cm³/mol. The number of sulfonamides is 1. The van der Waals surface area contributed by atoms with Crippen molar-refractivity contribution in [2.75, 3.05) is 13.2 Å². The number of rotatable bonds is 8. The van der Waals surface area contributed by atoms with Crippen molar-refractivity contribution < 1.29 is 27.2 Å². The SMILES string of the molecule is O=C(NC[C@H]1CCCO1)C(=O)N/N=C/c1ccc(CNS(=O)(=O)c2ccc(Cl)cc2)o1. The highest BCUT2D eigenvalue weighted by Crippen LogP contribution is 2.15. The van der Waals surface area contributed by atoms with Crippen LogP contribution in [0.2, 0.25) is 5.02 Å². The van der Waals surface area contributed by atoms with Crippen LogP contribution in [0.15, 0.2) is 50.8 Å². The van der Waals surface area contributed by atoms with Crippen LogP contribution in [0, 0.1) is 0 Å². The molecule has 1 fully saturated rings. The van der Waals surface area contributed by atoms with Gasteiger partial charge in [0.1, 0.15) is 11.5 Å². The fourth-order valence-electron chi connectivity index (χ4n) is 2.72. The molecule has 2 amide bonds. The molecule has 0 unspecified atom stereocenters. The van der Waals surface area contributed by atoms with E-state index >= 15 is 0 Å². The third-order valence-electron chi connectivity index (χ3n) is 4.32. The lowest BCUT2D eigenvalue weighted by molar-refractivity contribution is -0.139. The zero-order chi connectivity index (χ0) is 22.3. The van der Waals surface area contributed by atoms with Crippen molar-refractivity contribution in [3.63, 3.8) is 0 Å². The summed E-state index contributed by atoms with van der Waals surface area (Å²) in [6.07, 6.45) is 2.91. The number of nitrogens with one attached hydrogen (secondary N) is 3. The number of halogens is 1. The zero-order valence-electron chi connectivity index (χ0n) is 16.3. The molecule has 31 heavy (non-hydrogen) atoms. The van der Waals surface area contributed by atoms with Crippen LogP contribution in [0.1, 0.15) is 24.4 Å². The summed E-state index contributed by atoms with van der Waals surface area (Å²) in [5, 5.41) is 6.57. The molecule has 1 aliphatic heterocycles. The van der Waals surface area contributed by atoms with Gasteiger partial charge in [-0.15, -0.1) is 0 Å². The summed E-state index contributed by atoms with van der Waals surface area (Å²) in [6.45, 7) is 0.838. The first-order chi connectivity index (χ1) is 14.8. The quantitative estimate of drug-likeness (QED) is 0.302. The molecule has 3 N–H and O–H groups in total. The molecule has 10 nitrogen and oxygen atoms in total. The Labute approximate surface area is 184 Å². The van der Waals surface area contributed by atoms with Crippen molar-refractivity contribution in [2.45, 2.75) is 30.4 Å². The van der Waals surface area contributed by atoms with E-state index in [0.29, 0.717) is 17.4 Å². The Bertz CT molecular complexity index is 1050. The van der Waals surface area contributed by atoms with Gasteiger partial charge in [-0.25, -0.2) is 18.6 Å². The van der Waals surface area contributed by atoms with E-state index in [4.69, 9.17) is 20.8 Å². The van der Waals surface area contributed by atoms with Crippen LogP contribution < -0.4 is 15.5 Å². The number of benzene rings is 1. The van der Waals surface area contributed by atoms with Crippen molar-refractivity contribution in [2.24, 2.45) is 5.10 Å². The molecule has 2 aromatic rings. The topological polar surface area (TPSA) is 139 Å². The van der Waals surface area contributed by atoms with Crippen LogP contribution in [0.5, 0.6) is 0 Å². The molecule has 1 atom stereocenters. The van der Waals surface area contributed by atoms with Crippen LogP contribution in [-0.2, 0) is 30.9 Å². The van der Waals surface area contributed by atoms with Gasteiger partial charge < -0.3 is 14.5 Å². The molecule has 3 rings (SSSR count). The van der Waals surface area contributed by atoms with E-state index in [0.717, 1.165) is 12.8 Å². The third kappa shape index (κ3) is 6.89. The van der Waals surface area contributed by atoms with Gasteiger partial charge in [0.15, 0.2) is 0 Å². The number of carbonyl (C=O) groups excluding carboxylic acids is 2. The van der Waals surface area contributed by atoms with Crippen LogP contribution >= 0.6 is 11.6 Å². The molecule has 0 aliphatic carbocycles. The number of hydrogen-bond donors (Lipinski definition) is 3. The maximum atomic E-state index is 12.3. The second-order valence-electron chi connectivity index (χ2n) is 6.63. The van der Waals surface area contributed by atoms with Gasteiger partial charge >= 0.3 is 11.8 Å². The molecule has 1 aliphatic rings. The summed E-state index contributed by atoms with van der Waals surface area (Å²) in [5.74, 6) is -1.14. The lowest BCUT2D eigenvalue weighted by Crippen LogP contribution is -2.41. The molecule has 166 valence electrons. The van der Waals surface area contributed by atoms with Gasteiger partial charge in [-0.3, -0.25) is 9.59 Å². The molecule has 1 aromatic carbocycles. The summed E-state index contributed by atoms with van der Waals surface area (Å²) >= 11 is 5.76. The first-order valence-corrected chi connectivity index (χ1v) is 11.3. The standard InChI is InChI=1S/C19H21ClN4O6S/c20-13-3-7-17(8-4-13)31(27,28)23-12-16-6-5-15(30-16)11-22-24-19(26)18(25)21-10-14-2-1-9-29-14/h3-8,11,14,23H,1-2,9-10,12H2,(H,21,25)(H,24,26)/b22-11+/t14-/m1/s1. The lowest BCUT2D eigenvalue weighted by Gasteiger charge is -2.09. The highest BCUT2D eigenvalue weighted by molar-refractivity contribution is 7.89. The Morgan fingerprint density at radius 1 is 1.16 bits per heavy atom. The molecule has 0 radical (unpaired) electrons. The summed E-state index contributed by atoms with van der Waals surface area (Å²) in [6, 6.07) is 8.85. The van der Waals surface area contributed by atoms with Gasteiger partial charge in [0.2, 0.25) is 10.0 Å². The number of nitrogens with zero attached hydrogens (tertiary/aromatic N) is 1. The fraction of sp³-hybridized carbons (Fsp3) is 0.316. The van der Waals surface area contributed by atoms with E-state index in [1.165, 1.54) is 30.5 Å². The van der Waals surface area contributed by atoms with E-state index in [2.05, 4.69) is 20.6 Å². The summed E-state index contributed by atoms with van der Waals surface area (Å²) in [5.41, 5.74) is 2.09. The van der Waals surface area contributed by atoms with Crippen LogP contribution in [-0.4, -0.2) is 45.7 Å². The monoisotopic (exact) mass is 468 g/mol. The van der Waals surface area contributed by atoms with Gasteiger partial charge in [-0.2, -0.15) is 5.10 Å². The molecule has 0 bridgehead atoms. The van der Waals surface area contributed by atoms with Gasteiger partial charge in [0.25, 0.3) is 0 Å². The normalized spacial score (nSPS) is 16.5. The Morgan fingerprint density at radius 2 is 1.94 bits per heavy atom. The number of furan rings is 1. The van der Waals surface area contributed by atoms with E-state index in [1.807, 2.05) is 0 Å². The summed E-state index contributed by atoms with van der Waals surface area (Å²) in [4.78, 5) is 23.5. The predicted octanol–water partition coefficient (Wildman–Crippen LogP) is 1.16. The highest BCUT2D eigenvalue weighted by Gasteiger charge is 2.19. The Kier molecular flexibility index (Phi) is 7.80. The summed E-state index contributed by atoms with van der Waals surface area (Å²) in [7, 11) is -3.73. The smallest absolute Gasteiger partial charge is 0.329 e. The summed E-state index contributed by atoms with van der Waals surface area (Å²) < 4.78 is 37.7. The minimum absolute atomic E-state index is 0.0705. The highest BCUT2D eigenvalue weighted by atomic mass is 35.5. The number of carbonyl (C=O) groups is 2. The minimum Gasteiger partial charge on any atom is -0.459 e. The second kappa shape index (κ2) is 10.5. The van der Waals surface area contributed by atoms with Crippen molar-refractivity contribution >= 4 is 39.7 Å². The first kappa shape index (κ1) is 22.9. The molecule has 1 saturated heterocycles. The van der Waals surface area contributed by atoms with E-state index < -0.39 is 21.8 Å². The molecule has 0 saturated carbocycles. The fourth-order valence-corrected chi connectivity index (χ4v) is 3.84. The van der Waals surface area contributed by atoms with Gasteiger partial charge in [0, 0.05) is 18.2 Å². The molecule has 1 aromatic heterocycles. The van der Waals surface area contributed by atoms with E-state index in [9.17, 15) is 18.0 Å². The number of ether oxygens (including phenoxy) is 1. The zero-order valence-corrected chi connectivity index (χ0v) is 17.9. The lowest BCUT2D eigenvalue weighted by atomic mass is 10.2. The van der Waals surface area contributed by atoms with Gasteiger partial charge in [-0.05, 0) is 49.2 Å². The van der Waals surface area contributed by atoms with Crippen molar-refractivity contribution in [1.29, 1.82) is 0 Å². The largest absolute Gasteiger partial charge is 0.459 e. The Morgan fingerprint density at radius 3 is 2.65 bits per heavy atom. The van der Waals surface area contributed by atoms with Crippen molar-refractivity contribution in [3.8, 4) is 0 Å². The van der Waals surface area contributed by atoms with Crippen LogP contribution in [0.3, 0.4) is 0 Å². The van der Waals surface area contributed by atoms with Crippen molar-refractivity contribution in [1.82, 2.24) is 15.5 Å². The Balaban J connectivity index is 1.44. The average molecular weight is 469 g/mol. The van der Waals surface area contributed by atoms with Crippen LogP contribution in [0.4, 0.5) is 0 Å². The molecule has 2 heterocycles. The average Bonchev–Trinajstić information content (AvgIpc) is 3.43. The van der Waals surface area contributed by atoms with E-state index in [-0.39, 0.29) is 29.8 Å². The van der Waals surface area contributed by atoms with E-state index in [1.54, 1.807) is 12.1 Å². The molecular formula is C19H21ClN4O6S. The number of hydrazone groups is 1. The Hall–Kier alpha value is -2.73. The molecule has 12 heteroatoms. The number of amides is 2. The van der Waals surface area contributed by atoms with Gasteiger partial charge in [0.05, 0.1) is 23.8 Å². The first-order valence-electron chi connectivity index (χ1n) is 9.40. The number of hydrogen-bond acceptors (Lipinski definition) is 7. The third-order valence-corrected chi connectivity index (χ3v) is 5.99. The van der Waals surface area contributed by atoms with Crippen molar-refractivity contribution in [3.05, 3.63) is 52.9 Å². The maximum absolute atomic E-state index is 12.3. The maximum Gasteiger partial charge on any atom is 0.329 e. The second-order valence-corrected chi connectivity index (χ2v) is 8.83. The van der Waals surface area contributed by atoms with Crippen LogP contribution in [0.25, 0.3) is 0 Å². The molecule has 0 spiro atoms. The minimum atomic E-state index is -3.73.